The number of ether oxygens (including phenoxy) is 1. The number of carbonyl (C=O) groups excluding carboxylic acids is 6. The summed E-state index contributed by atoms with van der Waals surface area (Å²) >= 11 is 0. The van der Waals surface area contributed by atoms with Gasteiger partial charge in [-0.25, -0.2) is 4.79 Å². The van der Waals surface area contributed by atoms with Gasteiger partial charge in [-0.1, -0.05) is 65.0 Å². The Kier molecular flexibility index (Phi) is 17.3. The second-order valence-corrected chi connectivity index (χ2v) is 11.1. The molecule has 12 heteroatoms. The normalized spacial score (nSPS) is 12.9. The first-order chi connectivity index (χ1) is 20.4. The third-order valence-corrected chi connectivity index (χ3v) is 6.71. The highest BCUT2D eigenvalue weighted by molar-refractivity contribution is 5.93. The number of carbonyl (C=O) groups is 6. The molecule has 43 heavy (non-hydrogen) atoms. The number of rotatable bonds is 19. The van der Waals surface area contributed by atoms with Gasteiger partial charge < -0.3 is 35.7 Å². The minimum absolute atomic E-state index is 0.110. The Bertz CT molecular complexity index is 1050. The molecule has 5 amide bonds. The fourth-order valence-electron chi connectivity index (χ4n) is 4.34. The quantitative estimate of drug-likeness (QED) is 0.139. The van der Waals surface area contributed by atoms with Crippen LogP contribution in [0.1, 0.15) is 72.8 Å². The number of alkyl carbamates (subject to hydrolysis) is 1. The second kappa shape index (κ2) is 20.0. The molecule has 12 nitrogen and oxygen atoms in total. The first-order valence-electron chi connectivity index (χ1n) is 15.0. The molecule has 0 unspecified atom stereocenters. The lowest BCUT2D eigenvalue weighted by Gasteiger charge is -2.35. The summed E-state index contributed by atoms with van der Waals surface area (Å²) in [6.45, 7) is 11.0. The summed E-state index contributed by atoms with van der Waals surface area (Å²) in [6.07, 6.45) is 2.01. The highest BCUT2D eigenvalue weighted by Gasteiger charge is 2.34. The standard InChI is InChI=1S/C31H49N5O7/c1-7-17-36(26(19-37)21(2)3)30(41)28(22(4)5)35-29(40)25(34-27(39)18-33-23(6)38)15-11-12-16-32-31(42)43-20-24-13-9-8-10-14-24/h8-10,13-14,19,21-22,25-26,28H,7,11-12,15-18,20H2,1-6H3,(H,32,42)(H,33,38)(H,34,39)(H,35,40)/t25-,26+,28-/m0/s1. The van der Waals surface area contributed by atoms with Crippen molar-refractivity contribution in [2.45, 2.75) is 92.0 Å². The van der Waals surface area contributed by atoms with Gasteiger partial charge in [0.1, 0.15) is 25.0 Å². The van der Waals surface area contributed by atoms with Crippen LogP contribution in [0.25, 0.3) is 0 Å². The maximum atomic E-state index is 13.6. The number of hydrogen-bond acceptors (Lipinski definition) is 7. The molecule has 240 valence electrons. The van der Waals surface area contributed by atoms with Crippen LogP contribution in [0.15, 0.2) is 30.3 Å². The van der Waals surface area contributed by atoms with Gasteiger partial charge in [-0.3, -0.25) is 19.2 Å². The molecular formula is C31H49N5O7. The van der Waals surface area contributed by atoms with E-state index < -0.39 is 41.9 Å². The fourth-order valence-corrected chi connectivity index (χ4v) is 4.34. The molecule has 0 radical (unpaired) electrons. The number of unbranched alkanes of at least 4 members (excludes halogenated alkanes) is 1. The average Bonchev–Trinajstić information content (AvgIpc) is 2.96. The van der Waals surface area contributed by atoms with Crippen molar-refractivity contribution in [1.82, 2.24) is 26.2 Å². The summed E-state index contributed by atoms with van der Waals surface area (Å²) in [7, 11) is 0. The summed E-state index contributed by atoms with van der Waals surface area (Å²) in [6, 6.07) is 6.73. The lowest BCUT2D eigenvalue weighted by molar-refractivity contribution is -0.143. The molecule has 0 bridgehead atoms. The number of nitrogens with one attached hydrogen (secondary N) is 4. The van der Waals surface area contributed by atoms with Crippen molar-refractivity contribution in [3.05, 3.63) is 35.9 Å². The van der Waals surface area contributed by atoms with Gasteiger partial charge in [-0.05, 0) is 43.1 Å². The highest BCUT2D eigenvalue weighted by atomic mass is 16.5. The van der Waals surface area contributed by atoms with E-state index in [4.69, 9.17) is 4.74 Å². The van der Waals surface area contributed by atoms with Crippen LogP contribution in [0.4, 0.5) is 4.79 Å². The molecule has 0 spiro atoms. The van der Waals surface area contributed by atoms with E-state index in [-0.39, 0.29) is 37.3 Å². The maximum Gasteiger partial charge on any atom is 0.407 e. The zero-order valence-electron chi connectivity index (χ0n) is 26.3. The molecule has 0 fully saturated rings. The van der Waals surface area contributed by atoms with Crippen LogP contribution in [0.5, 0.6) is 0 Å². The first kappa shape index (κ1) is 37.1. The second-order valence-electron chi connectivity index (χ2n) is 11.1. The van der Waals surface area contributed by atoms with E-state index in [1.807, 2.05) is 51.1 Å². The summed E-state index contributed by atoms with van der Waals surface area (Å²) in [5, 5.41) is 10.5. The monoisotopic (exact) mass is 603 g/mol. The minimum Gasteiger partial charge on any atom is -0.445 e. The predicted molar refractivity (Wildman–Crippen MR) is 163 cm³/mol. The Morgan fingerprint density at radius 3 is 2.16 bits per heavy atom. The van der Waals surface area contributed by atoms with E-state index >= 15 is 0 Å². The average molecular weight is 604 g/mol. The molecule has 0 heterocycles. The van der Waals surface area contributed by atoms with Gasteiger partial charge in [0.05, 0.1) is 12.6 Å². The number of hydrogen-bond donors (Lipinski definition) is 4. The van der Waals surface area contributed by atoms with Gasteiger partial charge >= 0.3 is 6.09 Å². The van der Waals surface area contributed by atoms with Gasteiger partial charge in [0.15, 0.2) is 0 Å². The van der Waals surface area contributed by atoms with Gasteiger partial charge in [0.2, 0.25) is 23.6 Å². The van der Waals surface area contributed by atoms with Crippen LogP contribution >= 0.6 is 0 Å². The molecule has 0 saturated carbocycles. The van der Waals surface area contributed by atoms with Crippen LogP contribution < -0.4 is 21.3 Å². The molecule has 0 aliphatic heterocycles. The molecule has 0 aliphatic carbocycles. The lowest BCUT2D eigenvalue weighted by atomic mass is 9.97. The molecule has 1 rings (SSSR count). The van der Waals surface area contributed by atoms with Crippen molar-refractivity contribution in [3.63, 3.8) is 0 Å². The van der Waals surface area contributed by atoms with Crippen LogP contribution in [-0.2, 0) is 35.3 Å². The number of nitrogens with zero attached hydrogens (tertiary/aromatic N) is 1. The van der Waals surface area contributed by atoms with Gasteiger partial charge in [-0.15, -0.1) is 0 Å². The van der Waals surface area contributed by atoms with E-state index in [0.29, 0.717) is 32.4 Å². The van der Waals surface area contributed by atoms with E-state index in [0.717, 1.165) is 11.8 Å². The van der Waals surface area contributed by atoms with E-state index in [9.17, 15) is 28.8 Å². The molecular weight excluding hydrogens is 554 g/mol. The number of aldehydes is 1. The van der Waals surface area contributed by atoms with Crippen molar-refractivity contribution in [2.24, 2.45) is 11.8 Å². The van der Waals surface area contributed by atoms with Crippen molar-refractivity contribution in [1.29, 1.82) is 0 Å². The predicted octanol–water partition coefficient (Wildman–Crippen LogP) is 2.31. The highest BCUT2D eigenvalue weighted by Crippen LogP contribution is 2.15. The number of benzene rings is 1. The molecule has 3 atom stereocenters. The summed E-state index contributed by atoms with van der Waals surface area (Å²) in [5.41, 5.74) is 0.864. The topological polar surface area (TPSA) is 163 Å². The smallest absolute Gasteiger partial charge is 0.407 e. The largest absolute Gasteiger partial charge is 0.445 e. The van der Waals surface area contributed by atoms with Crippen LogP contribution in [0.2, 0.25) is 0 Å². The lowest BCUT2D eigenvalue weighted by Crippen LogP contribution is -2.59. The van der Waals surface area contributed by atoms with Crippen molar-refractivity contribution < 1.29 is 33.5 Å². The number of amides is 5. The molecule has 0 saturated heterocycles. The Labute approximate surface area is 255 Å². The van der Waals surface area contributed by atoms with Crippen LogP contribution in [-0.4, -0.2) is 78.7 Å². The SMILES string of the molecule is CCCN(C(=O)[C@@H](NC(=O)[C@H](CCCCNC(=O)OCc1ccccc1)NC(=O)CNC(C)=O)C(C)C)[C@H](C=O)C(C)C. The van der Waals surface area contributed by atoms with Gasteiger partial charge in [0.25, 0.3) is 0 Å². The Hall–Kier alpha value is -3.96. The van der Waals surface area contributed by atoms with E-state index in [1.54, 1.807) is 13.8 Å². The van der Waals surface area contributed by atoms with Crippen molar-refractivity contribution in [3.8, 4) is 0 Å². The summed E-state index contributed by atoms with van der Waals surface area (Å²) < 4.78 is 5.19. The molecule has 0 aliphatic rings. The molecule has 0 aromatic heterocycles. The maximum absolute atomic E-state index is 13.6. The molecule has 1 aromatic carbocycles. The van der Waals surface area contributed by atoms with Crippen molar-refractivity contribution in [2.75, 3.05) is 19.6 Å². The van der Waals surface area contributed by atoms with E-state index in [1.165, 1.54) is 11.8 Å². The minimum atomic E-state index is -0.994. The molecule has 4 N–H and O–H groups in total. The summed E-state index contributed by atoms with van der Waals surface area (Å²) in [5.74, 6) is -2.27. The van der Waals surface area contributed by atoms with Gasteiger partial charge in [-0.2, -0.15) is 0 Å². The Morgan fingerprint density at radius 2 is 1.60 bits per heavy atom. The zero-order valence-corrected chi connectivity index (χ0v) is 26.3. The Balaban J connectivity index is 2.86. The van der Waals surface area contributed by atoms with Crippen LogP contribution in [0, 0.1) is 11.8 Å². The van der Waals surface area contributed by atoms with Crippen LogP contribution in [0.3, 0.4) is 0 Å². The third kappa shape index (κ3) is 14.2. The van der Waals surface area contributed by atoms with Gasteiger partial charge in [0, 0.05) is 20.0 Å². The van der Waals surface area contributed by atoms with Crippen molar-refractivity contribution >= 4 is 36.0 Å². The third-order valence-electron chi connectivity index (χ3n) is 6.71. The Morgan fingerprint density at radius 1 is 0.930 bits per heavy atom. The zero-order chi connectivity index (χ0) is 32.4. The fraction of sp³-hybridized carbons (Fsp3) is 0.613. The molecule has 1 aromatic rings. The first-order valence-corrected chi connectivity index (χ1v) is 15.0. The van der Waals surface area contributed by atoms with E-state index in [2.05, 4.69) is 21.3 Å². The summed E-state index contributed by atoms with van der Waals surface area (Å²) in [4.78, 5) is 76.1.